The van der Waals surface area contributed by atoms with Crippen molar-refractivity contribution in [3.8, 4) is 0 Å². The maximum absolute atomic E-state index is 12.9. The molecule has 112 valence electrons. The molecule has 2 aliphatic rings. The van der Waals surface area contributed by atoms with Gasteiger partial charge >= 0.3 is 0 Å². The summed E-state index contributed by atoms with van der Waals surface area (Å²) in [5.41, 5.74) is 0.785. The molecule has 0 heterocycles. The van der Waals surface area contributed by atoms with Crippen LogP contribution in [0.25, 0.3) is 0 Å². The second kappa shape index (κ2) is 4.19. The summed E-state index contributed by atoms with van der Waals surface area (Å²) >= 11 is 0. The van der Waals surface area contributed by atoms with Gasteiger partial charge in [0, 0.05) is 17.5 Å². The summed E-state index contributed by atoms with van der Waals surface area (Å²) in [6, 6.07) is 7.80. The predicted octanol–water partition coefficient (Wildman–Crippen LogP) is 3.72. The number of nitrogens with one attached hydrogen (secondary N) is 1. The van der Waals surface area contributed by atoms with Crippen LogP contribution in [-0.2, 0) is 9.59 Å². The molecule has 2 aliphatic carbocycles. The lowest BCUT2D eigenvalue weighted by molar-refractivity contribution is -0.131. The number of carbonyl (C=O) groups is 2. The molecule has 2 atom stereocenters. The highest BCUT2D eigenvalue weighted by molar-refractivity contribution is 6.04. The topological polar surface area (TPSA) is 46.2 Å². The molecule has 2 bridgehead atoms. The van der Waals surface area contributed by atoms with Crippen molar-refractivity contribution in [2.45, 2.75) is 47.0 Å². The Kier molecular flexibility index (Phi) is 2.85. The first-order chi connectivity index (χ1) is 9.73. The SMILES string of the molecule is Cc1ccc(NC(=O)C23CCC(C)(C(=O)C2)C3(C)C)cc1. The number of aryl methyl sites for hydroxylation is 1. The number of rotatable bonds is 2. The Labute approximate surface area is 126 Å². The zero-order valence-electron chi connectivity index (χ0n) is 13.2. The summed E-state index contributed by atoms with van der Waals surface area (Å²) in [6.07, 6.45) is 2.01. The van der Waals surface area contributed by atoms with Crippen LogP contribution in [0.1, 0.15) is 45.6 Å². The zero-order valence-corrected chi connectivity index (χ0v) is 13.2. The van der Waals surface area contributed by atoms with Gasteiger partial charge in [-0.1, -0.05) is 38.5 Å². The van der Waals surface area contributed by atoms with Gasteiger partial charge in [-0.2, -0.15) is 0 Å². The Balaban J connectivity index is 1.91. The predicted molar refractivity (Wildman–Crippen MR) is 83.0 cm³/mol. The van der Waals surface area contributed by atoms with Gasteiger partial charge in [-0.3, -0.25) is 9.59 Å². The number of amides is 1. The summed E-state index contributed by atoms with van der Waals surface area (Å²) in [5.74, 6) is 0.253. The fraction of sp³-hybridized carbons (Fsp3) is 0.556. The van der Waals surface area contributed by atoms with E-state index in [-0.39, 0.29) is 22.5 Å². The largest absolute Gasteiger partial charge is 0.326 e. The maximum atomic E-state index is 12.9. The molecule has 0 saturated heterocycles. The van der Waals surface area contributed by atoms with Crippen LogP contribution in [0.4, 0.5) is 5.69 Å². The molecule has 0 spiro atoms. The van der Waals surface area contributed by atoms with Crippen LogP contribution in [0.3, 0.4) is 0 Å². The third-order valence-corrected chi connectivity index (χ3v) is 6.45. The summed E-state index contributed by atoms with van der Waals surface area (Å²) in [6.45, 7) is 8.22. The van der Waals surface area contributed by atoms with Crippen LogP contribution in [0.15, 0.2) is 24.3 Å². The highest BCUT2D eigenvalue weighted by Crippen LogP contribution is 2.70. The summed E-state index contributed by atoms with van der Waals surface area (Å²) in [5, 5.41) is 3.03. The Bertz CT molecular complexity index is 617. The van der Waals surface area contributed by atoms with Crippen LogP contribution in [0.2, 0.25) is 0 Å². The van der Waals surface area contributed by atoms with Crippen molar-refractivity contribution in [3.63, 3.8) is 0 Å². The van der Waals surface area contributed by atoms with Gasteiger partial charge in [-0.15, -0.1) is 0 Å². The van der Waals surface area contributed by atoms with E-state index in [1.54, 1.807) is 0 Å². The smallest absolute Gasteiger partial charge is 0.231 e. The number of hydrogen-bond acceptors (Lipinski definition) is 2. The second-order valence-electron chi connectivity index (χ2n) is 7.46. The lowest BCUT2D eigenvalue weighted by Crippen LogP contribution is -2.43. The van der Waals surface area contributed by atoms with Crippen LogP contribution in [0, 0.1) is 23.2 Å². The molecule has 1 amide bonds. The second-order valence-corrected chi connectivity index (χ2v) is 7.46. The molecule has 3 rings (SSSR count). The normalized spacial score (nSPS) is 33.2. The molecule has 3 heteroatoms. The van der Waals surface area contributed by atoms with Crippen LogP contribution in [0.5, 0.6) is 0 Å². The molecule has 0 radical (unpaired) electrons. The number of Topliss-reactive ketones (excluding diaryl/α,β-unsaturated/α-hetero) is 1. The first kappa shape index (κ1) is 14.3. The van der Waals surface area contributed by atoms with Crippen molar-refractivity contribution in [3.05, 3.63) is 29.8 Å². The number of hydrogen-bond donors (Lipinski definition) is 1. The maximum Gasteiger partial charge on any atom is 0.231 e. The summed E-state index contributed by atoms with van der Waals surface area (Å²) < 4.78 is 0. The molecule has 2 saturated carbocycles. The van der Waals surface area contributed by atoms with E-state index < -0.39 is 5.41 Å². The van der Waals surface area contributed by atoms with Gasteiger partial charge in [0.15, 0.2) is 0 Å². The molecule has 21 heavy (non-hydrogen) atoms. The highest BCUT2D eigenvalue weighted by atomic mass is 16.2. The molecule has 1 N–H and O–H groups in total. The molecule has 1 aromatic carbocycles. The quantitative estimate of drug-likeness (QED) is 0.900. The highest BCUT2D eigenvalue weighted by Gasteiger charge is 2.72. The molecule has 1 aromatic rings. The molecule has 2 unspecified atom stereocenters. The van der Waals surface area contributed by atoms with Gasteiger partial charge in [-0.05, 0) is 37.3 Å². The number of anilines is 1. The van der Waals surface area contributed by atoms with E-state index in [4.69, 9.17) is 0 Å². The summed E-state index contributed by atoms with van der Waals surface area (Å²) in [7, 11) is 0. The van der Waals surface area contributed by atoms with E-state index in [1.807, 2.05) is 38.1 Å². The molecule has 3 nitrogen and oxygen atoms in total. The van der Waals surface area contributed by atoms with Gasteiger partial charge in [0.25, 0.3) is 0 Å². The minimum absolute atomic E-state index is 0.00549. The first-order valence-electron chi connectivity index (χ1n) is 7.64. The van der Waals surface area contributed by atoms with Gasteiger partial charge in [-0.25, -0.2) is 0 Å². The van der Waals surface area contributed by atoms with Crippen molar-refractivity contribution in [1.82, 2.24) is 0 Å². The van der Waals surface area contributed by atoms with Crippen molar-refractivity contribution in [2.24, 2.45) is 16.2 Å². The third-order valence-electron chi connectivity index (χ3n) is 6.45. The Morgan fingerprint density at radius 2 is 1.71 bits per heavy atom. The third kappa shape index (κ3) is 1.66. The van der Waals surface area contributed by atoms with Gasteiger partial charge in [0.05, 0.1) is 5.41 Å². The van der Waals surface area contributed by atoms with Crippen molar-refractivity contribution in [1.29, 1.82) is 0 Å². The van der Waals surface area contributed by atoms with Crippen molar-refractivity contribution >= 4 is 17.4 Å². The monoisotopic (exact) mass is 285 g/mol. The lowest BCUT2D eigenvalue weighted by Gasteiger charge is -2.38. The Morgan fingerprint density at radius 3 is 2.19 bits per heavy atom. The van der Waals surface area contributed by atoms with E-state index in [2.05, 4.69) is 19.2 Å². The number of fused-ring (bicyclic) bond motifs is 2. The number of ketones is 1. The first-order valence-corrected chi connectivity index (χ1v) is 7.64. The average molecular weight is 285 g/mol. The van der Waals surface area contributed by atoms with E-state index in [1.165, 1.54) is 0 Å². The molecular weight excluding hydrogens is 262 g/mol. The van der Waals surface area contributed by atoms with Gasteiger partial charge < -0.3 is 5.32 Å². The van der Waals surface area contributed by atoms with E-state index in [0.717, 1.165) is 24.1 Å². The number of benzene rings is 1. The van der Waals surface area contributed by atoms with Crippen molar-refractivity contribution in [2.75, 3.05) is 5.32 Å². The molecule has 0 aromatic heterocycles. The minimum atomic E-state index is -0.552. The van der Waals surface area contributed by atoms with Gasteiger partial charge in [0.2, 0.25) is 5.91 Å². The van der Waals surface area contributed by atoms with Crippen LogP contribution < -0.4 is 5.32 Å². The van der Waals surface area contributed by atoms with E-state index in [9.17, 15) is 9.59 Å². The summed E-state index contributed by atoms with van der Waals surface area (Å²) in [4.78, 5) is 25.3. The molecule has 0 aliphatic heterocycles. The van der Waals surface area contributed by atoms with Gasteiger partial charge in [0.1, 0.15) is 5.78 Å². The minimum Gasteiger partial charge on any atom is -0.326 e. The Hall–Kier alpha value is -1.64. The van der Waals surface area contributed by atoms with E-state index >= 15 is 0 Å². The molecular formula is C18H23NO2. The standard InChI is InChI=1S/C18H23NO2/c1-12-5-7-13(8-6-12)19-15(21)18-10-9-17(4,14(20)11-18)16(18,2)3/h5-8H,9-11H2,1-4H3,(H,19,21). The fourth-order valence-electron chi connectivity index (χ4n) is 4.25. The zero-order chi connectivity index (χ0) is 15.5. The van der Waals surface area contributed by atoms with Crippen molar-refractivity contribution < 1.29 is 9.59 Å². The average Bonchev–Trinajstić information content (AvgIpc) is 2.72. The fourth-order valence-corrected chi connectivity index (χ4v) is 4.25. The number of carbonyl (C=O) groups excluding carboxylic acids is 2. The van der Waals surface area contributed by atoms with Crippen LogP contribution >= 0.6 is 0 Å². The Morgan fingerprint density at radius 1 is 1.10 bits per heavy atom. The lowest BCUT2D eigenvalue weighted by atomic mass is 9.64. The van der Waals surface area contributed by atoms with E-state index in [0.29, 0.717) is 6.42 Å². The van der Waals surface area contributed by atoms with Crippen LogP contribution in [-0.4, -0.2) is 11.7 Å². The molecule has 2 fully saturated rings.